The van der Waals surface area contributed by atoms with Gasteiger partial charge in [0.05, 0.1) is 26.4 Å². The van der Waals surface area contributed by atoms with Crippen LogP contribution in [0, 0.1) is 0 Å². The number of carbonyl (C=O) groups is 1. The van der Waals surface area contributed by atoms with Gasteiger partial charge in [-0.25, -0.2) is 0 Å². The maximum Gasteiger partial charge on any atom is 0.306 e. The second-order valence-electron chi connectivity index (χ2n) is 19.7. The van der Waals surface area contributed by atoms with Crippen LogP contribution in [0.4, 0.5) is 0 Å². The van der Waals surface area contributed by atoms with Crippen LogP contribution in [-0.2, 0) is 33.2 Å². The van der Waals surface area contributed by atoms with E-state index in [2.05, 4.69) is 62.5 Å². The van der Waals surface area contributed by atoms with E-state index >= 15 is 0 Å². The lowest BCUT2D eigenvalue weighted by Gasteiger charge is -2.42. The molecule has 0 radical (unpaired) electrons. The highest BCUT2D eigenvalue weighted by Gasteiger charge is 2.47. The number of esters is 1. The van der Waals surface area contributed by atoms with E-state index in [1.54, 1.807) is 0 Å². The molecule has 2 aliphatic heterocycles. The quantitative estimate of drug-likeness (QED) is 0.0172. The molecule has 2 fully saturated rings. The number of allylic oxidation sites excluding steroid dienone is 8. The van der Waals surface area contributed by atoms with Gasteiger partial charge in [-0.3, -0.25) is 4.79 Å². The topological polar surface area (TPSA) is 214 Å². The predicted molar refractivity (Wildman–Crippen MR) is 279 cm³/mol. The molecule has 2 rings (SSSR count). The average Bonchev–Trinajstić information content (AvgIpc) is 3.37. The van der Waals surface area contributed by atoms with E-state index in [1.165, 1.54) is 109 Å². The summed E-state index contributed by atoms with van der Waals surface area (Å²) in [6.45, 7) is 3.57. The first-order valence-electron chi connectivity index (χ1n) is 28.2. The Bertz CT molecular complexity index is 1360. The molecule has 0 spiro atoms. The second kappa shape index (κ2) is 44.3. The van der Waals surface area contributed by atoms with Crippen LogP contribution in [0.15, 0.2) is 48.6 Å². The zero-order valence-electron chi connectivity index (χ0n) is 44.2. The molecule has 11 unspecified atom stereocenters. The summed E-state index contributed by atoms with van der Waals surface area (Å²) in [7, 11) is 0. The van der Waals surface area contributed by atoms with Crippen LogP contribution in [-0.4, -0.2) is 142 Å². The zero-order valence-corrected chi connectivity index (χ0v) is 44.2. The van der Waals surface area contributed by atoms with Gasteiger partial charge in [-0.15, -0.1) is 0 Å². The molecule has 414 valence electrons. The van der Waals surface area contributed by atoms with Gasteiger partial charge >= 0.3 is 5.97 Å². The van der Waals surface area contributed by atoms with E-state index < -0.39 is 80.7 Å². The monoisotopic (exact) mass is 1010 g/mol. The predicted octanol–water partition coefficient (Wildman–Crippen LogP) is 9.52. The van der Waals surface area contributed by atoms with Gasteiger partial charge in [-0.1, -0.05) is 178 Å². The summed E-state index contributed by atoms with van der Waals surface area (Å²) in [5, 5.41) is 72.3. The molecular formula is C57H102O14. The van der Waals surface area contributed by atoms with Crippen LogP contribution in [0.1, 0.15) is 206 Å². The van der Waals surface area contributed by atoms with Crippen LogP contribution in [0.5, 0.6) is 0 Å². The summed E-state index contributed by atoms with van der Waals surface area (Å²) in [6, 6.07) is 0. The zero-order chi connectivity index (χ0) is 51.6. The van der Waals surface area contributed by atoms with Crippen molar-refractivity contribution in [2.24, 2.45) is 0 Å². The molecule has 7 N–H and O–H groups in total. The molecular weight excluding hydrogens is 909 g/mol. The molecule has 11 atom stereocenters. The SMILES string of the molecule is CC/C=C\C/C=C\C/C=C\CCCCCCCCCC(=O)OC(COCCCCCCCCCCCC/C=C\CCCCCCCC)COC1OC(COC2OC(CO)C(O)C(O)C2O)C(O)C(O)C1O. The number of rotatable bonds is 45. The number of unbranched alkanes of at least 4 members (excludes halogenated alkanes) is 23. The first kappa shape index (κ1) is 65.1. The van der Waals surface area contributed by atoms with Crippen LogP contribution < -0.4 is 0 Å². The molecule has 0 amide bonds. The molecule has 0 saturated carbocycles. The highest BCUT2D eigenvalue weighted by Crippen LogP contribution is 2.26. The van der Waals surface area contributed by atoms with Crippen molar-refractivity contribution in [2.75, 3.05) is 33.0 Å². The fourth-order valence-corrected chi connectivity index (χ4v) is 8.77. The minimum absolute atomic E-state index is 0.0564. The Morgan fingerprint density at radius 2 is 0.915 bits per heavy atom. The number of ether oxygens (including phenoxy) is 6. The summed E-state index contributed by atoms with van der Waals surface area (Å²) in [5.74, 6) is -0.386. The van der Waals surface area contributed by atoms with Gasteiger partial charge in [-0.2, -0.15) is 0 Å². The van der Waals surface area contributed by atoms with Crippen LogP contribution >= 0.6 is 0 Å². The van der Waals surface area contributed by atoms with Crippen molar-refractivity contribution in [2.45, 2.75) is 274 Å². The van der Waals surface area contributed by atoms with E-state index in [9.17, 15) is 40.5 Å². The maximum atomic E-state index is 13.0. The van der Waals surface area contributed by atoms with Crippen LogP contribution in [0.3, 0.4) is 0 Å². The molecule has 14 heteroatoms. The van der Waals surface area contributed by atoms with Crippen molar-refractivity contribution < 1.29 is 69.0 Å². The van der Waals surface area contributed by atoms with Gasteiger partial charge < -0.3 is 64.2 Å². The Morgan fingerprint density at radius 1 is 0.479 bits per heavy atom. The van der Waals surface area contributed by atoms with E-state index in [1.807, 2.05) is 0 Å². The normalized spacial score (nSPS) is 25.6. The number of hydrogen-bond donors (Lipinski definition) is 7. The fraction of sp³-hybridized carbons (Fsp3) is 0.842. The Hall–Kier alpha value is -2.05. The lowest BCUT2D eigenvalue weighted by molar-refractivity contribution is -0.332. The van der Waals surface area contributed by atoms with Gasteiger partial charge in [0.1, 0.15) is 54.9 Å². The molecule has 71 heavy (non-hydrogen) atoms. The number of hydrogen-bond acceptors (Lipinski definition) is 14. The van der Waals surface area contributed by atoms with Gasteiger partial charge in [0.2, 0.25) is 0 Å². The minimum Gasteiger partial charge on any atom is -0.457 e. The van der Waals surface area contributed by atoms with Gasteiger partial charge in [0, 0.05) is 13.0 Å². The molecule has 0 bridgehead atoms. The van der Waals surface area contributed by atoms with Crippen molar-refractivity contribution in [3.8, 4) is 0 Å². The van der Waals surface area contributed by atoms with Gasteiger partial charge in [0.15, 0.2) is 12.6 Å². The standard InChI is InChI=1S/C57H102O14/c1-3-5-7-9-11-13-15-17-19-21-22-23-25-27-29-31-33-35-37-39-41-66-43-46(69-49(59)40-38-36-34-32-30-28-26-24-20-18-16-14-12-10-8-6-4-2)44-67-56-55(65)53(63)51(61)48(71-56)45-68-57-54(64)52(62)50(60)47(42-58)70-57/h6,8,12,14,17-20,46-48,50-58,60-65H,3-5,7,9-11,13,15-16,21-45H2,1-2H3/b8-6-,14-12-,19-17-,20-18-. The first-order valence-corrected chi connectivity index (χ1v) is 28.2. The Kier molecular flexibility index (Phi) is 40.6. The van der Waals surface area contributed by atoms with E-state index in [0.717, 1.165) is 70.6 Å². The largest absolute Gasteiger partial charge is 0.457 e. The number of aliphatic hydroxyl groups excluding tert-OH is 7. The lowest BCUT2D eigenvalue weighted by Crippen LogP contribution is -2.61. The van der Waals surface area contributed by atoms with Crippen molar-refractivity contribution in [3.05, 3.63) is 48.6 Å². The summed E-state index contributed by atoms with van der Waals surface area (Å²) < 4.78 is 34.4. The molecule has 2 aliphatic rings. The van der Waals surface area contributed by atoms with Crippen molar-refractivity contribution in [3.63, 3.8) is 0 Å². The maximum absolute atomic E-state index is 13.0. The number of carbonyl (C=O) groups excluding carboxylic acids is 1. The third-order valence-electron chi connectivity index (χ3n) is 13.3. The van der Waals surface area contributed by atoms with Crippen molar-refractivity contribution >= 4 is 5.97 Å². The molecule has 0 aromatic rings. The molecule has 0 aliphatic carbocycles. The summed E-state index contributed by atoms with van der Waals surface area (Å²) in [4.78, 5) is 13.0. The smallest absolute Gasteiger partial charge is 0.306 e. The Labute approximate surface area is 429 Å². The highest BCUT2D eigenvalue weighted by molar-refractivity contribution is 5.69. The summed E-state index contributed by atoms with van der Waals surface area (Å²) >= 11 is 0. The Balaban J connectivity index is 1.73. The third-order valence-corrected chi connectivity index (χ3v) is 13.3. The van der Waals surface area contributed by atoms with Crippen molar-refractivity contribution in [1.29, 1.82) is 0 Å². The lowest BCUT2D eigenvalue weighted by atomic mass is 9.98. The summed E-state index contributed by atoms with van der Waals surface area (Å²) in [6.07, 6.45) is 36.0. The summed E-state index contributed by atoms with van der Waals surface area (Å²) in [5.41, 5.74) is 0. The molecule has 0 aromatic heterocycles. The number of aliphatic hydroxyl groups is 7. The molecule has 2 saturated heterocycles. The van der Waals surface area contributed by atoms with E-state index in [-0.39, 0.29) is 25.6 Å². The van der Waals surface area contributed by atoms with Crippen molar-refractivity contribution in [1.82, 2.24) is 0 Å². The highest BCUT2D eigenvalue weighted by atomic mass is 16.7. The van der Waals surface area contributed by atoms with Gasteiger partial charge in [0.25, 0.3) is 0 Å². The van der Waals surface area contributed by atoms with Crippen LogP contribution in [0.25, 0.3) is 0 Å². The van der Waals surface area contributed by atoms with E-state index in [0.29, 0.717) is 13.0 Å². The first-order chi connectivity index (χ1) is 34.6. The van der Waals surface area contributed by atoms with Crippen LogP contribution in [0.2, 0.25) is 0 Å². The second-order valence-corrected chi connectivity index (χ2v) is 19.7. The minimum atomic E-state index is -1.71. The average molecular weight is 1010 g/mol. The molecule has 14 nitrogen and oxygen atoms in total. The molecule has 0 aromatic carbocycles. The Morgan fingerprint density at radius 3 is 1.45 bits per heavy atom. The fourth-order valence-electron chi connectivity index (χ4n) is 8.77. The third kappa shape index (κ3) is 31.4. The van der Waals surface area contributed by atoms with E-state index in [4.69, 9.17) is 28.4 Å². The molecule has 2 heterocycles. The van der Waals surface area contributed by atoms with Gasteiger partial charge in [-0.05, 0) is 70.6 Å².